The molecule has 0 bridgehead atoms. The maximum atomic E-state index is 6.33. The SMILES string of the molecule is Cc1ccccc1SC1CCC(C)(C)C1N. The zero-order chi connectivity index (χ0) is 11.8. The number of aryl methyl sites for hydroxylation is 1. The first-order chi connectivity index (χ1) is 7.50. The van der Waals surface area contributed by atoms with Crippen LogP contribution in [0, 0.1) is 12.3 Å². The van der Waals surface area contributed by atoms with Gasteiger partial charge in [-0.3, -0.25) is 0 Å². The minimum absolute atomic E-state index is 0.306. The lowest BCUT2D eigenvalue weighted by molar-refractivity contribution is 0.334. The number of rotatable bonds is 2. The van der Waals surface area contributed by atoms with E-state index in [-0.39, 0.29) is 0 Å². The van der Waals surface area contributed by atoms with E-state index in [2.05, 4.69) is 45.0 Å². The lowest BCUT2D eigenvalue weighted by Gasteiger charge is -2.26. The first-order valence-corrected chi connectivity index (χ1v) is 6.86. The molecule has 2 N–H and O–H groups in total. The highest BCUT2D eigenvalue weighted by Crippen LogP contribution is 2.44. The molecule has 88 valence electrons. The predicted octanol–water partition coefficient (Wildman–Crippen LogP) is 3.60. The molecule has 1 aromatic rings. The molecule has 1 aromatic carbocycles. The first-order valence-electron chi connectivity index (χ1n) is 5.98. The van der Waals surface area contributed by atoms with E-state index in [9.17, 15) is 0 Å². The molecule has 1 fully saturated rings. The molecule has 1 nitrogen and oxygen atoms in total. The van der Waals surface area contributed by atoms with Gasteiger partial charge in [0.05, 0.1) is 0 Å². The Balaban J connectivity index is 2.10. The van der Waals surface area contributed by atoms with Crippen LogP contribution in [0.4, 0.5) is 0 Å². The summed E-state index contributed by atoms with van der Waals surface area (Å²) in [6.45, 7) is 6.75. The molecule has 1 aliphatic carbocycles. The Kier molecular flexibility index (Phi) is 3.32. The van der Waals surface area contributed by atoms with Crippen LogP contribution in [0.25, 0.3) is 0 Å². The normalized spacial score (nSPS) is 28.2. The van der Waals surface area contributed by atoms with Gasteiger partial charge in [0.25, 0.3) is 0 Å². The lowest BCUT2D eigenvalue weighted by Crippen LogP contribution is -2.38. The summed E-state index contributed by atoms with van der Waals surface area (Å²) in [6, 6.07) is 8.90. The summed E-state index contributed by atoms with van der Waals surface area (Å²) in [4.78, 5) is 1.39. The molecular weight excluding hydrogens is 214 g/mol. The Morgan fingerprint density at radius 2 is 2.00 bits per heavy atom. The number of nitrogens with two attached hydrogens (primary N) is 1. The van der Waals surface area contributed by atoms with Crippen molar-refractivity contribution in [2.24, 2.45) is 11.1 Å². The van der Waals surface area contributed by atoms with Crippen molar-refractivity contribution in [1.29, 1.82) is 0 Å². The minimum Gasteiger partial charge on any atom is -0.326 e. The van der Waals surface area contributed by atoms with E-state index in [1.54, 1.807) is 0 Å². The number of benzene rings is 1. The highest BCUT2D eigenvalue weighted by molar-refractivity contribution is 8.00. The molecule has 16 heavy (non-hydrogen) atoms. The topological polar surface area (TPSA) is 26.0 Å². The molecule has 0 heterocycles. The monoisotopic (exact) mass is 235 g/mol. The third-order valence-corrected chi connectivity index (χ3v) is 5.29. The van der Waals surface area contributed by atoms with Crippen LogP contribution in [0.15, 0.2) is 29.2 Å². The summed E-state index contributed by atoms with van der Waals surface area (Å²) in [7, 11) is 0. The van der Waals surface area contributed by atoms with Crippen molar-refractivity contribution in [3.63, 3.8) is 0 Å². The van der Waals surface area contributed by atoms with Gasteiger partial charge in [-0.1, -0.05) is 32.0 Å². The fourth-order valence-electron chi connectivity index (χ4n) is 2.35. The van der Waals surface area contributed by atoms with E-state index < -0.39 is 0 Å². The summed E-state index contributed by atoms with van der Waals surface area (Å²) < 4.78 is 0. The molecule has 2 atom stereocenters. The molecule has 2 rings (SSSR count). The molecule has 2 heteroatoms. The zero-order valence-electron chi connectivity index (χ0n) is 10.4. The number of hydrogen-bond acceptors (Lipinski definition) is 2. The fraction of sp³-hybridized carbons (Fsp3) is 0.571. The molecule has 0 aromatic heterocycles. The van der Waals surface area contributed by atoms with Gasteiger partial charge in [-0.25, -0.2) is 0 Å². The molecule has 0 saturated heterocycles. The Bertz CT molecular complexity index is 373. The number of thioether (sulfide) groups is 1. The molecule has 0 aliphatic heterocycles. The van der Waals surface area contributed by atoms with E-state index in [4.69, 9.17) is 5.73 Å². The lowest BCUT2D eigenvalue weighted by atomic mass is 9.88. The first kappa shape index (κ1) is 12.0. The summed E-state index contributed by atoms with van der Waals surface area (Å²) >= 11 is 1.96. The Morgan fingerprint density at radius 3 is 2.56 bits per heavy atom. The number of hydrogen-bond donors (Lipinski definition) is 1. The minimum atomic E-state index is 0.306. The van der Waals surface area contributed by atoms with Gasteiger partial charge in [0, 0.05) is 16.2 Å². The van der Waals surface area contributed by atoms with Crippen LogP contribution in [0.5, 0.6) is 0 Å². The van der Waals surface area contributed by atoms with E-state index in [1.165, 1.54) is 23.3 Å². The van der Waals surface area contributed by atoms with E-state index in [1.807, 2.05) is 11.8 Å². The van der Waals surface area contributed by atoms with Crippen molar-refractivity contribution in [2.45, 2.75) is 49.8 Å². The highest BCUT2D eigenvalue weighted by Gasteiger charge is 2.39. The van der Waals surface area contributed by atoms with Gasteiger partial charge in [0.1, 0.15) is 0 Å². The van der Waals surface area contributed by atoms with Crippen molar-refractivity contribution in [2.75, 3.05) is 0 Å². The van der Waals surface area contributed by atoms with Gasteiger partial charge >= 0.3 is 0 Å². The standard InChI is InChI=1S/C14H21NS/c1-10-6-4-5-7-11(10)16-12-8-9-14(2,3)13(12)15/h4-7,12-13H,8-9,15H2,1-3H3. The van der Waals surface area contributed by atoms with E-state index in [0.717, 1.165) is 0 Å². The maximum Gasteiger partial charge on any atom is 0.0251 e. The second kappa shape index (κ2) is 4.42. The molecule has 0 radical (unpaired) electrons. The van der Waals surface area contributed by atoms with E-state index in [0.29, 0.717) is 16.7 Å². The van der Waals surface area contributed by atoms with Crippen LogP contribution in [0.2, 0.25) is 0 Å². The zero-order valence-corrected chi connectivity index (χ0v) is 11.2. The summed E-state index contributed by atoms with van der Waals surface area (Å²) in [5.41, 5.74) is 8.00. The maximum absolute atomic E-state index is 6.33. The molecule has 0 amide bonds. The van der Waals surface area contributed by atoms with Gasteiger partial charge in [0.2, 0.25) is 0 Å². The second-order valence-corrected chi connectivity index (χ2v) is 6.76. The average Bonchev–Trinajstić information content (AvgIpc) is 2.49. The van der Waals surface area contributed by atoms with Crippen LogP contribution in [-0.4, -0.2) is 11.3 Å². The van der Waals surface area contributed by atoms with Crippen LogP contribution >= 0.6 is 11.8 Å². The average molecular weight is 235 g/mol. The predicted molar refractivity (Wildman–Crippen MR) is 71.8 cm³/mol. The molecule has 2 unspecified atom stereocenters. The highest BCUT2D eigenvalue weighted by atomic mass is 32.2. The largest absolute Gasteiger partial charge is 0.326 e. The van der Waals surface area contributed by atoms with Gasteiger partial charge in [-0.2, -0.15) is 0 Å². The van der Waals surface area contributed by atoms with Crippen LogP contribution < -0.4 is 5.73 Å². The molecule has 1 saturated carbocycles. The Morgan fingerprint density at radius 1 is 1.31 bits per heavy atom. The van der Waals surface area contributed by atoms with Crippen LogP contribution in [0.1, 0.15) is 32.3 Å². The van der Waals surface area contributed by atoms with Crippen LogP contribution in [-0.2, 0) is 0 Å². The van der Waals surface area contributed by atoms with Gasteiger partial charge in [-0.05, 0) is 36.8 Å². The fourth-order valence-corrected chi connectivity index (χ4v) is 3.84. The van der Waals surface area contributed by atoms with Crippen molar-refractivity contribution in [3.05, 3.63) is 29.8 Å². The Labute approximate surface area is 103 Å². The Hall–Kier alpha value is -0.470. The smallest absolute Gasteiger partial charge is 0.0251 e. The summed E-state index contributed by atoms with van der Waals surface area (Å²) in [6.07, 6.45) is 2.49. The van der Waals surface area contributed by atoms with Crippen molar-refractivity contribution < 1.29 is 0 Å². The molecule has 1 aliphatic rings. The molecule has 0 spiro atoms. The van der Waals surface area contributed by atoms with Crippen molar-refractivity contribution in [3.8, 4) is 0 Å². The van der Waals surface area contributed by atoms with Crippen molar-refractivity contribution >= 4 is 11.8 Å². The third-order valence-electron chi connectivity index (χ3n) is 3.75. The van der Waals surface area contributed by atoms with E-state index >= 15 is 0 Å². The summed E-state index contributed by atoms with van der Waals surface area (Å²) in [5.74, 6) is 0. The second-order valence-electron chi connectivity index (χ2n) is 5.47. The third kappa shape index (κ3) is 2.28. The summed E-state index contributed by atoms with van der Waals surface area (Å²) in [5, 5.41) is 0.580. The molecular formula is C14H21NS. The quantitative estimate of drug-likeness (QED) is 0.847. The van der Waals surface area contributed by atoms with Gasteiger partial charge in [0.15, 0.2) is 0 Å². The van der Waals surface area contributed by atoms with Crippen molar-refractivity contribution in [1.82, 2.24) is 0 Å². The van der Waals surface area contributed by atoms with Gasteiger partial charge < -0.3 is 5.73 Å². The van der Waals surface area contributed by atoms with Gasteiger partial charge in [-0.15, -0.1) is 11.8 Å². The van der Waals surface area contributed by atoms with Crippen LogP contribution in [0.3, 0.4) is 0 Å².